The van der Waals surface area contributed by atoms with Crippen LogP contribution in [-0.2, 0) is 9.53 Å². The summed E-state index contributed by atoms with van der Waals surface area (Å²) in [6.45, 7) is 2.44. The molecule has 0 aliphatic carbocycles. The molecule has 2 N–H and O–H groups in total. The summed E-state index contributed by atoms with van der Waals surface area (Å²) >= 11 is 0. The van der Waals surface area contributed by atoms with Crippen LogP contribution in [0.3, 0.4) is 0 Å². The second-order valence-corrected chi connectivity index (χ2v) is 4.32. The number of hydrogen-bond acceptors (Lipinski definition) is 4. The first-order valence-corrected chi connectivity index (χ1v) is 5.96. The van der Waals surface area contributed by atoms with E-state index in [0.29, 0.717) is 0 Å². The Morgan fingerprint density at radius 3 is 2.20 bits per heavy atom. The Morgan fingerprint density at radius 2 is 1.75 bits per heavy atom. The van der Waals surface area contributed by atoms with Crippen molar-refractivity contribution in [2.45, 2.75) is 38.3 Å². The van der Waals surface area contributed by atoms with E-state index in [4.69, 9.17) is 10.5 Å². The molecule has 0 saturated carbocycles. The molecular weight excluding hydrogens is 275 g/mol. The van der Waals surface area contributed by atoms with E-state index >= 15 is 0 Å². The molecule has 20 heavy (non-hydrogen) atoms. The SMILES string of the molecule is CC(OC(=O)[C@@H](C)N)C(Oc1ccccc1)C(F)(F)F. The van der Waals surface area contributed by atoms with Crippen molar-refractivity contribution in [1.82, 2.24) is 0 Å². The van der Waals surface area contributed by atoms with E-state index in [-0.39, 0.29) is 5.75 Å². The number of esters is 1. The van der Waals surface area contributed by atoms with E-state index in [9.17, 15) is 18.0 Å². The number of halogens is 3. The molecule has 0 aromatic heterocycles. The Kier molecular flexibility index (Phi) is 5.38. The van der Waals surface area contributed by atoms with Crippen LogP contribution in [0.1, 0.15) is 13.8 Å². The lowest BCUT2D eigenvalue weighted by Crippen LogP contribution is -2.46. The number of rotatable bonds is 5. The van der Waals surface area contributed by atoms with Gasteiger partial charge in [0.25, 0.3) is 0 Å². The number of nitrogens with two attached hydrogens (primary N) is 1. The van der Waals surface area contributed by atoms with Crippen LogP contribution in [0.25, 0.3) is 0 Å². The second kappa shape index (κ2) is 6.60. The molecule has 0 fully saturated rings. The molecule has 1 aromatic carbocycles. The van der Waals surface area contributed by atoms with E-state index in [1.807, 2.05) is 0 Å². The molecule has 0 spiro atoms. The molecular formula is C13H16F3NO3. The molecule has 112 valence electrons. The van der Waals surface area contributed by atoms with Crippen LogP contribution < -0.4 is 10.5 Å². The fraction of sp³-hybridized carbons (Fsp3) is 0.462. The van der Waals surface area contributed by atoms with Crippen molar-refractivity contribution >= 4 is 5.97 Å². The lowest BCUT2D eigenvalue weighted by atomic mass is 10.2. The standard InChI is InChI=1S/C13H16F3NO3/c1-8(17)12(18)19-9(2)11(13(14,15)16)20-10-6-4-3-5-7-10/h3-9,11H,17H2,1-2H3/t8-,9?,11?/m1/s1. The lowest BCUT2D eigenvalue weighted by Gasteiger charge is -2.27. The van der Waals surface area contributed by atoms with Gasteiger partial charge in [0.15, 0.2) is 0 Å². The third-order valence-electron chi connectivity index (χ3n) is 2.43. The van der Waals surface area contributed by atoms with Gasteiger partial charge in [0.1, 0.15) is 17.9 Å². The van der Waals surface area contributed by atoms with Gasteiger partial charge in [-0.15, -0.1) is 0 Å². The number of alkyl halides is 3. The van der Waals surface area contributed by atoms with Crippen molar-refractivity contribution < 1.29 is 27.4 Å². The highest BCUT2D eigenvalue weighted by atomic mass is 19.4. The second-order valence-electron chi connectivity index (χ2n) is 4.32. The lowest BCUT2D eigenvalue weighted by molar-refractivity contribution is -0.224. The van der Waals surface area contributed by atoms with Gasteiger partial charge in [-0.3, -0.25) is 4.79 Å². The number of para-hydroxylation sites is 1. The maximum absolute atomic E-state index is 13.0. The Balaban J connectivity index is 2.82. The van der Waals surface area contributed by atoms with Gasteiger partial charge in [-0.1, -0.05) is 18.2 Å². The summed E-state index contributed by atoms with van der Waals surface area (Å²) in [6, 6.07) is 6.51. The molecule has 0 saturated heterocycles. The van der Waals surface area contributed by atoms with Crippen LogP contribution in [0.5, 0.6) is 5.75 Å². The van der Waals surface area contributed by atoms with Gasteiger partial charge in [-0.05, 0) is 26.0 Å². The first-order chi connectivity index (χ1) is 9.21. The van der Waals surface area contributed by atoms with Crippen molar-refractivity contribution in [3.63, 3.8) is 0 Å². The fourth-order valence-electron chi connectivity index (χ4n) is 1.43. The van der Waals surface area contributed by atoms with Crippen LogP contribution in [0.15, 0.2) is 30.3 Å². The van der Waals surface area contributed by atoms with Crippen LogP contribution in [0.4, 0.5) is 13.2 Å². The Hall–Kier alpha value is -1.76. The highest BCUT2D eigenvalue weighted by molar-refractivity contribution is 5.75. The van der Waals surface area contributed by atoms with Crippen LogP contribution >= 0.6 is 0 Å². The highest BCUT2D eigenvalue weighted by Crippen LogP contribution is 2.28. The summed E-state index contributed by atoms with van der Waals surface area (Å²) in [6.07, 6.45) is -8.44. The molecule has 0 heterocycles. The number of benzene rings is 1. The zero-order chi connectivity index (χ0) is 15.3. The summed E-state index contributed by atoms with van der Waals surface area (Å²) in [7, 11) is 0. The third kappa shape index (κ3) is 4.73. The topological polar surface area (TPSA) is 61.5 Å². The van der Waals surface area contributed by atoms with E-state index in [0.717, 1.165) is 6.92 Å². The van der Waals surface area contributed by atoms with Gasteiger partial charge in [-0.2, -0.15) is 13.2 Å². The predicted molar refractivity (Wildman–Crippen MR) is 66.1 cm³/mol. The van der Waals surface area contributed by atoms with E-state index < -0.39 is 30.4 Å². The van der Waals surface area contributed by atoms with Gasteiger partial charge in [0, 0.05) is 0 Å². The molecule has 1 aromatic rings. The average molecular weight is 291 g/mol. The van der Waals surface area contributed by atoms with Gasteiger partial charge >= 0.3 is 12.1 Å². The van der Waals surface area contributed by atoms with E-state index in [2.05, 4.69) is 4.74 Å². The number of hydrogen-bond donors (Lipinski definition) is 1. The normalized spacial score (nSPS) is 16.1. The van der Waals surface area contributed by atoms with Crippen molar-refractivity contribution in [2.24, 2.45) is 5.73 Å². The Bertz CT molecular complexity index is 434. The average Bonchev–Trinajstić information content (AvgIpc) is 2.35. The Morgan fingerprint density at radius 1 is 1.20 bits per heavy atom. The minimum absolute atomic E-state index is 0.0403. The van der Waals surface area contributed by atoms with E-state index in [1.165, 1.54) is 19.1 Å². The van der Waals surface area contributed by atoms with Gasteiger partial charge in [0.05, 0.1) is 0 Å². The quantitative estimate of drug-likeness (QED) is 0.845. The first kappa shape index (κ1) is 16.3. The molecule has 0 amide bonds. The summed E-state index contributed by atoms with van der Waals surface area (Å²) in [5.74, 6) is -0.873. The predicted octanol–water partition coefficient (Wildman–Crippen LogP) is 2.28. The molecule has 1 rings (SSSR count). The number of ether oxygens (including phenoxy) is 2. The summed E-state index contributed by atoms with van der Waals surface area (Å²) in [4.78, 5) is 11.3. The molecule has 0 radical (unpaired) electrons. The fourth-order valence-corrected chi connectivity index (χ4v) is 1.43. The minimum atomic E-state index is -4.67. The smallest absolute Gasteiger partial charge is 0.429 e. The largest absolute Gasteiger partial charge is 0.477 e. The van der Waals surface area contributed by atoms with Gasteiger partial charge in [-0.25, -0.2) is 0 Å². The monoisotopic (exact) mass is 291 g/mol. The van der Waals surface area contributed by atoms with Gasteiger partial charge < -0.3 is 15.2 Å². The highest BCUT2D eigenvalue weighted by Gasteiger charge is 2.47. The number of carbonyl (C=O) groups is 1. The molecule has 2 unspecified atom stereocenters. The zero-order valence-electron chi connectivity index (χ0n) is 11.1. The van der Waals surface area contributed by atoms with Crippen LogP contribution in [0.2, 0.25) is 0 Å². The molecule has 0 bridgehead atoms. The van der Waals surface area contributed by atoms with Gasteiger partial charge in [0.2, 0.25) is 6.10 Å². The third-order valence-corrected chi connectivity index (χ3v) is 2.43. The van der Waals surface area contributed by atoms with Crippen molar-refractivity contribution in [3.8, 4) is 5.75 Å². The van der Waals surface area contributed by atoms with Crippen LogP contribution in [0, 0.1) is 0 Å². The summed E-state index contributed by atoms with van der Waals surface area (Å²) < 4.78 is 48.4. The Labute approximate surface area is 114 Å². The number of carbonyl (C=O) groups excluding carboxylic acids is 1. The van der Waals surface area contributed by atoms with Crippen molar-refractivity contribution in [3.05, 3.63) is 30.3 Å². The minimum Gasteiger partial charge on any atom is -0.477 e. The molecule has 4 nitrogen and oxygen atoms in total. The van der Waals surface area contributed by atoms with Crippen LogP contribution in [-0.4, -0.2) is 30.4 Å². The zero-order valence-corrected chi connectivity index (χ0v) is 11.1. The molecule has 0 aliphatic rings. The molecule has 0 aliphatic heterocycles. The van der Waals surface area contributed by atoms with Crippen molar-refractivity contribution in [2.75, 3.05) is 0 Å². The maximum Gasteiger partial charge on any atom is 0.429 e. The summed E-state index contributed by atoms with van der Waals surface area (Å²) in [5.41, 5.74) is 5.25. The summed E-state index contributed by atoms with van der Waals surface area (Å²) in [5, 5.41) is 0. The first-order valence-electron chi connectivity index (χ1n) is 5.96. The molecule has 3 atom stereocenters. The maximum atomic E-state index is 13.0. The van der Waals surface area contributed by atoms with Crippen molar-refractivity contribution in [1.29, 1.82) is 0 Å². The van der Waals surface area contributed by atoms with E-state index in [1.54, 1.807) is 18.2 Å². The molecule has 7 heteroatoms.